The molecule has 0 amide bonds. The van der Waals surface area contributed by atoms with Gasteiger partial charge in [-0.1, -0.05) is 44.4 Å². The highest BCUT2D eigenvalue weighted by Crippen LogP contribution is 2.38. The molecule has 35 heavy (non-hydrogen) atoms. The van der Waals surface area contributed by atoms with E-state index in [0.29, 0.717) is 6.42 Å². The smallest absolute Gasteiger partial charge is 0.250 e. The number of benzene rings is 1. The SMILES string of the molecule is CC1(C)O[C@@H](/C=C/C=NCC2CC2)[C@H](CCC#CCc2cc(O[Si](C)(C)C(C)(C)C)ccc2Cl)O1. The van der Waals surface area contributed by atoms with E-state index in [2.05, 4.69) is 56.8 Å². The Morgan fingerprint density at radius 2 is 1.94 bits per heavy atom. The van der Waals surface area contributed by atoms with Gasteiger partial charge in [0.15, 0.2) is 5.79 Å². The van der Waals surface area contributed by atoms with Gasteiger partial charge < -0.3 is 13.9 Å². The number of hydrogen-bond donors (Lipinski definition) is 0. The number of ether oxygens (including phenoxy) is 2. The van der Waals surface area contributed by atoms with Crippen molar-refractivity contribution in [3.05, 3.63) is 40.9 Å². The summed E-state index contributed by atoms with van der Waals surface area (Å²) >= 11 is 6.45. The molecule has 1 saturated carbocycles. The quantitative estimate of drug-likeness (QED) is 0.193. The van der Waals surface area contributed by atoms with E-state index in [1.807, 2.05) is 44.3 Å². The minimum Gasteiger partial charge on any atom is -0.543 e. The van der Waals surface area contributed by atoms with Crippen molar-refractivity contribution in [1.29, 1.82) is 0 Å². The molecule has 0 N–H and O–H groups in total. The minimum absolute atomic E-state index is 0.0164. The van der Waals surface area contributed by atoms with E-state index in [4.69, 9.17) is 25.5 Å². The summed E-state index contributed by atoms with van der Waals surface area (Å²) in [7, 11) is -1.90. The zero-order valence-corrected chi connectivity index (χ0v) is 24.2. The summed E-state index contributed by atoms with van der Waals surface area (Å²) in [5, 5.41) is 0.869. The van der Waals surface area contributed by atoms with Gasteiger partial charge in [-0.05, 0) is 87.0 Å². The molecule has 1 aromatic rings. The van der Waals surface area contributed by atoms with Crippen LogP contribution >= 0.6 is 11.6 Å². The molecule has 1 aromatic carbocycles. The standard InChI is InChI=1S/C29H42ClNO3Si/c1-28(2,3)35(6,7)34-24-17-18-25(30)23(20-24)12-9-8-10-13-26-27(33-29(4,5)32-26)14-11-19-31-21-22-15-16-22/h11,14,17-20,22,26-27H,10,12-13,15-16,21H2,1-7H3/b14-11+,31-19?/t26-,27-/m0/s1. The third-order valence-corrected chi connectivity index (χ3v) is 11.7. The van der Waals surface area contributed by atoms with E-state index >= 15 is 0 Å². The van der Waals surface area contributed by atoms with E-state index in [1.165, 1.54) is 12.8 Å². The van der Waals surface area contributed by atoms with Crippen LogP contribution in [-0.2, 0) is 15.9 Å². The number of halogens is 1. The van der Waals surface area contributed by atoms with Crippen LogP contribution in [0.2, 0.25) is 23.2 Å². The zero-order chi connectivity index (χ0) is 25.7. The van der Waals surface area contributed by atoms with Crippen molar-refractivity contribution in [2.45, 2.75) is 103 Å². The van der Waals surface area contributed by atoms with Gasteiger partial charge in [-0.2, -0.15) is 0 Å². The molecule has 1 heterocycles. The van der Waals surface area contributed by atoms with Gasteiger partial charge in [0, 0.05) is 30.6 Å². The molecule has 0 radical (unpaired) electrons. The molecule has 2 atom stereocenters. The minimum atomic E-state index is -1.90. The molecule has 1 saturated heterocycles. The van der Waals surface area contributed by atoms with Crippen molar-refractivity contribution < 1.29 is 13.9 Å². The molecular weight excluding hydrogens is 474 g/mol. The van der Waals surface area contributed by atoms with Crippen LogP contribution in [-0.4, -0.2) is 39.1 Å². The first-order valence-corrected chi connectivity index (χ1v) is 16.1. The Bertz CT molecular complexity index is 980. The summed E-state index contributed by atoms with van der Waals surface area (Å²) in [6.07, 6.45) is 10.6. The molecule has 2 aliphatic rings. The van der Waals surface area contributed by atoms with Gasteiger partial charge in [0.25, 0.3) is 0 Å². The number of hydrogen-bond acceptors (Lipinski definition) is 4. The van der Waals surface area contributed by atoms with Crippen molar-refractivity contribution in [3.8, 4) is 17.6 Å². The topological polar surface area (TPSA) is 40.0 Å². The van der Waals surface area contributed by atoms with Crippen LogP contribution in [0.25, 0.3) is 0 Å². The first-order valence-electron chi connectivity index (χ1n) is 12.8. The second-order valence-corrected chi connectivity index (χ2v) is 16.8. The van der Waals surface area contributed by atoms with Crippen molar-refractivity contribution in [3.63, 3.8) is 0 Å². The fraction of sp³-hybridized carbons (Fsp3) is 0.621. The van der Waals surface area contributed by atoms with Crippen molar-refractivity contribution in [2.75, 3.05) is 6.54 Å². The Morgan fingerprint density at radius 1 is 1.20 bits per heavy atom. The second-order valence-electron chi connectivity index (χ2n) is 11.7. The van der Waals surface area contributed by atoms with Crippen LogP contribution in [0.3, 0.4) is 0 Å². The lowest BCUT2D eigenvalue weighted by molar-refractivity contribution is -0.143. The normalized spacial score (nSPS) is 22.5. The van der Waals surface area contributed by atoms with Gasteiger partial charge in [-0.25, -0.2) is 0 Å². The van der Waals surface area contributed by atoms with E-state index < -0.39 is 14.1 Å². The summed E-state index contributed by atoms with van der Waals surface area (Å²) in [6.45, 7) is 16.1. The first kappa shape index (κ1) is 28.0. The van der Waals surface area contributed by atoms with Crippen molar-refractivity contribution in [2.24, 2.45) is 10.9 Å². The van der Waals surface area contributed by atoms with Gasteiger partial charge in [-0.15, -0.1) is 5.92 Å². The summed E-state index contributed by atoms with van der Waals surface area (Å²) < 4.78 is 18.6. The molecule has 4 nitrogen and oxygen atoms in total. The highest BCUT2D eigenvalue weighted by atomic mass is 35.5. The van der Waals surface area contributed by atoms with E-state index in [1.54, 1.807) is 0 Å². The summed E-state index contributed by atoms with van der Waals surface area (Å²) in [5.41, 5.74) is 1.00. The zero-order valence-electron chi connectivity index (χ0n) is 22.5. The Morgan fingerprint density at radius 3 is 2.63 bits per heavy atom. The highest BCUT2D eigenvalue weighted by molar-refractivity contribution is 6.74. The average molecular weight is 516 g/mol. The maximum atomic E-state index is 6.45. The average Bonchev–Trinajstić information content (AvgIpc) is 3.52. The predicted octanol–water partition coefficient (Wildman–Crippen LogP) is 7.61. The van der Waals surface area contributed by atoms with Gasteiger partial charge in [0.1, 0.15) is 11.9 Å². The Hall–Kier alpha value is -1.58. The van der Waals surface area contributed by atoms with Crippen LogP contribution < -0.4 is 4.43 Å². The maximum Gasteiger partial charge on any atom is 0.250 e. The van der Waals surface area contributed by atoms with Gasteiger partial charge in [-0.3, -0.25) is 4.99 Å². The fourth-order valence-corrected chi connectivity index (χ4v) is 4.84. The van der Waals surface area contributed by atoms with Crippen LogP contribution in [0.4, 0.5) is 0 Å². The monoisotopic (exact) mass is 515 g/mol. The first-order chi connectivity index (χ1) is 16.4. The Labute approximate surface area is 218 Å². The number of aliphatic imine (C=N–C) groups is 1. The summed E-state index contributed by atoms with van der Waals surface area (Å²) in [6, 6.07) is 5.92. The lowest BCUT2D eigenvalue weighted by atomic mass is 10.1. The third kappa shape index (κ3) is 8.79. The molecule has 3 rings (SSSR count). The summed E-state index contributed by atoms with van der Waals surface area (Å²) in [4.78, 5) is 4.47. The fourth-order valence-electron chi connectivity index (χ4n) is 3.64. The van der Waals surface area contributed by atoms with Crippen LogP contribution in [0.5, 0.6) is 5.75 Å². The largest absolute Gasteiger partial charge is 0.543 e. The van der Waals surface area contributed by atoms with Gasteiger partial charge in [0.2, 0.25) is 8.32 Å². The lowest BCUT2D eigenvalue weighted by Gasteiger charge is -2.36. The Balaban J connectivity index is 1.52. The third-order valence-electron chi connectivity index (χ3n) is 6.93. The van der Waals surface area contributed by atoms with E-state index in [-0.39, 0.29) is 17.2 Å². The molecule has 192 valence electrons. The molecule has 0 aromatic heterocycles. The molecule has 6 heteroatoms. The molecule has 1 aliphatic carbocycles. The lowest BCUT2D eigenvalue weighted by Crippen LogP contribution is -2.43. The number of rotatable bonds is 9. The molecule has 0 spiro atoms. The molecular formula is C29H42ClNO3Si. The van der Waals surface area contributed by atoms with Crippen LogP contribution in [0, 0.1) is 17.8 Å². The molecule has 2 fully saturated rings. The highest BCUT2D eigenvalue weighted by Gasteiger charge is 2.40. The van der Waals surface area contributed by atoms with E-state index in [0.717, 1.165) is 41.6 Å². The predicted molar refractivity (Wildman–Crippen MR) is 149 cm³/mol. The second kappa shape index (κ2) is 11.6. The van der Waals surface area contributed by atoms with Crippen molar-refractivity contribution >= 4 is 26.1 Å². The molecule has 0 bridgehead atoms. The van der Waals surface area contributed by atoms with Crippen LogP contribution in [0.1, 0.15) is 65.9 Å². The number of nitrogens with zero attached hydrogens (tertiary/aromatic N) is 1. The number of allylic oxidation sites excluding steroid dienone is 1. The maximum absolute atomic E-state index is 6.45. The van der Waals surface area contributed by atoms with Gasteiger partial charge in [0.05, 0.1) is 6.10 Å². The van der Waals surface area contributed by atoms with Crippen molar-refractivity contribution in [1.82, 2.24) is 0 Å². The summed E-state index contributed by atoms with van der Waals surface area (Å²) in [5.74, 6) is 7.68. The van der Waals surface area contributed by atoms with Crippen LogP contribution in [0.15, 0.2) is 35.3 Å². The van der Waals surface area contributed by atoms with E-state index in [9.17, 15) is 0 Å². The Kier molecular flexibility index (Phi) is 9.31. The van der Waals surface area contributed by atoms with Gasteiger partial charge >= 0.3 is 0 Å². The molecule has 0 unspecified atom stereocenters. The molecule has 1 aliphatic heterocycles.